The first-order valence-electron chi connectivity index (χ1n) is 11.6. The van der Waals surface area contributed by atoms with Crippen molar-refractivity contribution in [3.05, 3.63) is 82.9 Å². The van der Waals surface area contributed by atoms with Crippen LogP contribution in [-0.4, -0.2) is 13.1 Å². The second-order valence-electron chi connectivity index (χ2n) is 8.74. The first-order chi connectivity index (χ1) is 16.8. The van der Waals surface area contributed by atoms with Gasteiger partial charge in [0.1, 0.15) is 0 Å². The number of hydrogen-bond acceptors (Lipinski definition) is 3. The van der Waals surface area contributed by atoms with Crippen molar-refractivity contribution in [3.63, 3.8) is 0 Å². The molecule has 35 heavy (non-hydrogen) atoms. The van der Waals surface area contributed by atoms with Crippen LogP contribution in [0.2, 0.25) is 0 Å². The molecule has 0 spiro atoms. The molecule has 0 N–H and O–H groups in total. The highest BCUT2D eigenvalue weighted by molar-refractivity contribution is 5.75. The zero-order valence-electron chi connectivity index (χ0n) is 19.5. The Morgan fingerprint density at radius 1 is 0.800 bits per heavy atom. The maximum atomic E-state index is 15.0. The predicted molar refractivity (Wildman–Crippen MR) is 124 cm³/mol. The third kappa shape index (κ3) is 5.04. The Balaban J connectivity index is 1.42. The van der Waals surface area contributed by atoms with E-state index in [9.17, 15) is 18.0 Å². The Labute approximate surface area is 201 Å². The summed E-state index contributed by atoms with van der Waals surface area (Å²) >= 11 is 0. The topological polar surface area (TPSA) is 35.5 Å². The Hall–Kier alpha value is -3.35. The maximum Gasteiger partial charge on any atom is 0.314 e. The van der Waals surface area contributed by atoms with Crippen molar-refractivity contribution in [3.8, 4) is 22.6 Å². The van der Waals surface area contributed by atoms with Crippen LogP contribution in [0.15, 0.2) is 48.5 Å². The van der Waals surface area contributed by atoms with Crippen molar-refractivity contribution in [1.29, 1.82) is 0 Å². The van der Waals surface area contributed by atoms with Crippen molar-refractivity contribution in [2.75, 3.05) is 7.11 Å². The average Bonchev–Trinajstić information content (AvgIpc) is 2.88. The maximum absolute atomic E-state index is 15.0. The van der Waals surface area contributed by atoms with Gasteiger partial charge in [0.15, 0.2) is 23.1 Å². The molecule has 7 heteroatoms. The molecule has 0 aromatic heterocycles. The lowest BCUT2D eigenvalue weighted by molar-refractivity contribution is -0.140. The van der Waals surface area contributed by atoms with Crippen LogP contribution in [0, 0.1) is 29.2 Å². The minimum Gasteiger partial charge on any atom is -0.494 e. The highest BCUT2D eigenvalue weighted by atomic mass is 19.2. The Kier molecular flexibility index (Phi) is 7.43. The van der Waals surface area contributed by atoms with Crippen molar-refractivity contribution >= 4 is 5.97 Å². The number of carbonyl (C=O) groups is 1. The summed E-state index contributed by atoms with van der Waals surface area (Å²) in [5, 5.41) is 0. The predicted octanol–water partition coefficient (Wildman–Crippen LogP) is 7.36. The number of halogens is 4. The van der Waals surface area contributed by atoms with E-state index in [0.717, 1.165) is 18.1 Å². The molecular weight excluding hydrogens is 460 g/mol. The summed E-state index contributed by atoms with van der Waals surface area (Å²) in [4.78, 5) is 12.5. The van der Waals surface area contributed by atoms with Gasteiger partial charge in [0.25, 0.3) is 0 Å². The number of hydrogen-bond donors (Lipinski definition) is 0. The summed E-state index contributed by atoms with van der Waals surface area (Å²) in [6.07, 6.45) is 2.48. The van der Waals surface area contributed by atoms with Crippen molar-refractivity contribution in [2.24, 2.45) is 5.92 Å². The van der Waals surface area contributed by atoms with Gasteiger partial charge in [-0.1, -0.05) is 43.3 Å². The molecule has 0 unspecified atom stereocenters. The SMILES string of the molecule is CCc1ccc(-c2ccc(C3CCC(C(=O)Oc4ccc(OC)c(F)c4F)CC3)c(F)c2F)cc1. The Morgan fingerprint density at radius 2 is 1.43 bits per heavy atom. The second-order valence-corrected chi connectivity index (χ2v) is 8.74. The number of ether oxygens (including phenoxy) is 2. The first kappa shape index (κ1) is 24.8. The summed E-state index contributed by atoms with van der Waals surface area (Å²) < 4.78 is 67.7. The van der Waals surface area contributed by atoms with Gasteiger partial charge in [-0.3, -0.25) is 4.79 Å². The standard InChI is InChI=1S/C28H26F4O3/c1-3-16-4-6-17(7-5-16)20-12-13-21(25(30)24(20)29)18-8-10-19(11-9-18)28(33)35-23-15-14-22(34-2)26(31)27(23)32/h4-7,12-15,18-19H,3,8-11H2,1-2H3. The van der Waals surface area contributed by atoms with Gasteiger partial charge >= 0.3 is 5.97 Å². The van der Waals surface area contributed by atoms with Crippen LogP contribution in [0.3, 0.4) is 0 Å². The van der Waals surface area contributed by atoms with Crippen LogP contribution in [0.5, 0.6) is 11.5 Å². The molecule has 1 fully saturated rings. The molecule has 1 aliphatic carbocycles. The van der Waals surface area contributed by atoms with Crippen molar-refractivity contribution in [2.45, 2.75) is 44.9 Å². The van der Waals surface area contributed by atoms with E-state index in [2.05, 4.69) is 0 Å². The van der Waals surface area contributed by atoms with E-state index in [-0.39, 0.29) is 22.8 Å². The van der Waals surface area contributed by atoms with Gasteiger partial charge in [-0.25, -0.2) is 8.78 Å². The summed E-state index contributed by atoms with van der Waals surface area (Å²) in [6.45, 7) is 2.02. The largest absolute Gasteiger partial charge is 0.494 e. The fourth-order valence-electron chi connectivity index (χ4n) is 4.60. The first-order valence-corrected chi connectivity index (χ1v) is 11.6. The number of rotatable bonds is 6. The van der Waals surface area contributed by atoms with E-state index in [1.165, 1.54) is 13.2 Å². The van der Waals surface area contributed by atoms with Gasteiger partial charge in [0, 0.05) is 5.56 Å². The average molecular weight is 487 g/mol. The van der Waals surface area contributed by atoms with E-state index < -0.39 is 40.9 Å². The lowest BCUT2D eigenvalue weighted by Gasteiger charge is -2.28. The van der Waals surface area contributed by atoms with Crippen LogP contribution in [0.1, 0.15) is 49.7 Å². The minimum absolute atomic E-state index is 0.208. The molecule has 0 amide bonds. The Bertz CT molecular complexity index is 1220. The third-order valence-electron chi connectivity index (χ3n) is 6.73. The van der Waals surface area contributed by atoms with E-state index in [0.29, 0.717) is 31.2 Å². The number of carbonyl (C=O) groups excluding carboxylic acids is 1. The van der Waals surface area contributed by atoms with Crippen LogP contribution in [-0.2, 0) is 11.2 Å². The molecule has 184 valence electrons. The normalized spacial score (nSPS) is 17.8. The van der Waals surface area contributed by atoms with E-state index in [1.54, 1.807) is 24.3 Å². The van der Waals surface area contributed by atoms with Gasteiger partial charge in [0.2, 0.25) is 11.6 Å². The summed E-state index contributed by atoms with van der Waals surface area (Å²) in [6, 6.07) is 12.9. The number of esters is 1. The van der Waals surface area contributed by atoms with E-state index >= 15 is 4.39 Å². The molecule has 0 heterocycles. The van der Waals surface area contributed by atoms with E-state index in [1.807, 2.05) is 19.1 Å². The third-order valence-corrected chi connectivity index (χ3v) is 6.73. The molecule has 3 nitrogen and oxygen atoms in total. The number of aryl methyl sites for hydroxylation is 1. The molecule has 4 rings (SSSR count). The minimum atomic E-state index is -1.30. The molecule has 0 radical (unpaired) electrons. The molecule has 0 aliphatic heterocycles. The van der Waals surface area contributed by atoms with Crippen LogP contribution < -0.4 is 9.47 Å². The van der Waals surface area contributed by atoms with Crippen molar-refractivity contribution < 1.29 is 31.8 Å². The molecule has 1 aliphatic rings. The highest BCUT2D eigenvalue weighted by Crippen LogP contribution is 2.40. The molecule has 3 aromatic carbocycles. The summed E-state index contributed by atoms with van der Waals surface area (Å²) in [7, 11) is 1.20. The Morgan fingerprint density at radius 3 is 2.06 bits per heavy atom. The van der Waals surface area contributed by atoms with Crippen LogP contribution in [0.4, 0.5) is 17.6 Å². The van der Waals surface area contributed by atoms with Crippen molar-refractivity contribution in [1.82, 2.24) is 0 Å². The number of methoxy groups -OCH3 is 1. The molecule has 0 bridgehead atoms. The molecular formula is C28H26F4O3. The fraction of sp³-hybridized carbons (Fsp3) is 0.321. The highest BCUT2D eigenvalue weighted by Gasteiger charge is 2.31. The second kappa shape index (κ2) is 10.5. The van der Waals surface area contributed by atoms with Crippen LogP contribution >= 0.6 is 0 Å². The molecule has 1 saturated carbocycles. The lowest BCUT2D eigenvalue weighted by atomic mass is 9.78. The van der Waals surface area contributed by atoms with E-state index in [4.69, 9.17) is 9.47 Å². The van der Waals surface area contributed by atoms with Gasteiger partial charge in [-0.2, -0.15) is 8.78 Å². The van der Waals surface area contributed by atoms with Gasteiger partial charge in [0.05, 0.1) is 13.0 Å². The summed E-state index contributed by atoms with van der Waals surface area (Å²) in [5.74, 6) is -6.55. The zero-order chi connectivity index (χ0) is 25.1. The molecule has 3 aromatic rings. The van der Waals surface area contributed by atoms with Gasteiger partial charge in [-0.15, -0.1) is 0 Å². The fourth-order valence-corrected chi connectivity index (χ4v) is 4.60. The zero-order valence-corrected chi connectivity index (χ0v) is 19.5. The lowest BCUT2D eigenvalue weighted by Crippen LogP contribution is -2.26. The van der Waals surface area contributed by atoms with Gasteiger partial charge < -0.3 is 9.47 Å². The summed E-state index contributed by atoms with van der Waals surface area (Å²) in [5.41, 5.74) is 2.21. The van der Waals surface area contributed by atoms with Crippen LogP contribution in [0.25, 0.3) is 11.1 Å². The monoisotopic (exact) mass is 486 g/mol. The molecule has 0 saturated heterocycles. The quantitative estimate of drug-likeness (QED) is 0.207. The smallest absolute Gasteiger partial charge is 0.314 e. The molecule has 0 atom stereocenters. The van der Waals surface area contributed by atoms with Gasteiger partial charge in [-0.05, 0) is 66.8 Å². The number of benzene rings is 3.